The number of nitrogens with one attached hydrogen (secondary N) is 1. The highest BCUT2D eigenvalue weighted by atomic mass is 16.5. The number of nitrogens with two attached hydrogens (primary N) is 1. The molecule has 0 radical (unpaired) electrons. The van der Waals surface area contributed by atoms with Crippen LogP contribution in [0.3, 0.4) is 0 Å². The van der Waals surface area contributed by atoms with E-state index in [2.05, 4.69) is 5.32 Å². The number of rotatable bonds is 8. The highest BCUT2D eigenvalue weighted by molar-refractivity contribution is 5.80. The minimum Gasteiger partial charge on any atom is -0.491 e. The lowest BCUT2D eigenvalue weighted by atomic mass is 10.2. The van der Waals surface area contributed by atoms with Gasteiger partial charge in [-0.1, -0.05) is 19.1 Å². The van der Waals surface area contributed by atoms with E-state index in [0.29, 0.717) is 18.9 Å². The number of benzene rings is 1. The third-order valence-corrected chi connectivity index (χ3v) is 2.42. The monoisotopic (exact) mass is 252 g/mol. The smallest absolute Gasteiger partial charge is 0.238 e. The van der Waals surface area contributed by atoms with Crippen LogP contribution >= 0.6 is 0 Å². The molecule has 0 aliphatic rings. The third-order valence-electron chi connectivity index (χ3n) is 2.42. The molecule has 0 spiro atoms. The standard InChI is InChI=1S/C13H20N2O3/c1-3-15-12(13(14)16)9-18-11-6-4-5-10(7-11)8-17-2/h4-7,12,15H,3,8-9H2,1-2H3,(H2,14,16). The molecule has 1 unspecified atom stereocenters. The summed E-state index contributed by atoms with van der Waals surface area (Å²) in [7, 11) is 1.64. The van der Waals surface area contributed by atoms with E-state index in [1.165, 1.54) is 0 Å². The third kappa shape index (κ3) is 4.73. The van der Waals surface area contributed by atoms with E-state index in [0.717, 1.165) is 5.56 Å². The predicted octanol–water partition coefficient (Wildman–Crippen LogP) is 0.675. The largest absolute Gasteiger partial charge is 0.491 e. The van der Waals surface area contributed by atoms with Gasteiger partial charge in [-0.05, 0) is 24.2 Å². The van der Waals surface area contributed by atoms with Crippen molar-refractivity contribution in [2.75, 3.05) is 20.3 Å². The molecule has 0 aliphatic heterocycles. The summed E-state index contributed by atoms with van der Waals surface area (Å²) in [5, 5.41) is 2.97. The first-order valence-corrected chi connectivity index (χ1v) is 5.90. The maximum absolute atomic E-state index is 11.1. The predicted molar refractivity (Wildman–Crippen MR) is 69.3 cm³/mol. The first-order chi connectivity index (χ1) is 8.67. The van der Waals surface area contributed by atoms with Crippen LogP contribution in [0.2, 0.25) is 0 Å². The van der Waals surface area contributed by atoms with Crippen molar-refractivity contribution in [3.05, 3.63) is 29.8 Å². The maximum Gasteiger partial charge on any atom is 0.238 e. The number of carbonyl (C=O) groups excluding carboxylic acids is 1. The SMILES string of the molecule is CCNC(COc1cccc(COC)c1)C(N)=O. The summed E-state index contributed by atoms with van der Waals surface area (Å²) in [5.74, 6) is 0.290. The van der Waals surface area contributed by atoms with Gasteiger partial charge in [0.15, 0.2) is 0 Å². The van der Waals surface area contributed by atoms with Crippen molar-refractivity contribution in [2.45, 2.75) is 19.6 Å². The first-order valence-electron chi connectivity index (χ1n) is 5.90. The minimum atomic E-state index is -0.471. The molecular formula is C13H20N2O3. The lowest BCUT2D eigenvalue weighted by Gasteiger charge is -2.15. The second kappa shape index (κ2) is 7.68. The molecule has 0 bridgehead atoms. The van der Waals surface area contributed by atoms with Crippen molar-refractivity contribution in [3.63, 3.8) is 0 Å². The van der Waals surface area contributed by atoms with E-state index in [-0.39, 0.29) is 6.61 Å². The fraction of sp³-hybridized carbons (Fsp3) is 0.462. The maximum atomic E-state index is 11.1. The van der Waals surface area contributed by atoms with Gasteiger partial charge >= 0.3 is 0 Å². The van der Waals surface area contributed by atoms with Gasteiger partial charge in [0.1, 0.15) is 18.4 Å². The number of hydrogen-bond acceptors (Lipinski definition) is 4. The van der Waals surface area contributed by atoms with Gasteiger partial charge in [-0.2, -0.15) is 0 Å². The molecule has 1 rings (SSSR count). The van der Waals surface area contributed by atoms with E-state index < -0.39 is 11.9 Å². The molecule has 0 heterocycles. The molecular weight excluding hydrogens is 232 g/mol. The van der Waals surface area contributed by atoms with Crippen molar-refractivity contribution >= 4 is 5.91 Å². The number of ether oxygens (including phenoxy) is 2. The lowest BCUT2D eigenvalue weighted by Crippen LogP contribution is -2.45. The Bertz CT molecular complexity index is 382. The van der Waals surface area contributed by atoms with Crippen molar-refractivity contribution in [2.24, 2.45) is 5.73 Å². The van der Waals surface area contributed by atoms with E-state index in [4.69, 9.17) is 15.2 Å². The second-order valence-electron chi connectivity index (χ2n) is 3.90. The average Bonchev–Trinajstić information content (AvgIpc) is 2.35. The Morgan fingerprint density at radius 3 is 2.89 bits per heavy atom. The summed E-state index contributed by atoms with van der Waals surface area (Å²) in [6.45, 7) is 3.33. The van der Waals surface area contributed by atoms with Gasteiger partial charge in [0.05, 0.1) is 6.61 Å². The van der Waals surface area contributed by atoms with E-state index in [9.17, 15) is 4.79 Å². The zero-order valence-electron chi connectivity index (χ0n) is 10.8. The Balaban J connectivity index is 2.55. The second-order valence-corrected chi connectivity index (χ2v) is 3.90. The number of primary amides is 1. The Morgan fingerprint density at radius 1 is 1.50 bits per heavy atom. The van der Waals surface area contributed by atoms with Crippen LogP contribution in [0.25, 0.3) is 0 Å². The quantitative estimate of drug-likeness (QED) is 0.713. The molecule has 1 atom stereocenters. The molecule has 1 amide bonds. The Hall–Kier alpha value is -1.59. The Morgan fingerprint density at radius 2 is 2.28 bits per heavy atom. The summed E-state index contributed by atoms with van der Waals surface area (Å²) < 4.78 is 10.6. The first kappa shape index (κ1) is 14.5. The number of likely N-dealkylation sites (N-methyl/N-ethyl adjacent to an activating group) is 1. The van der Waals surface area contributed by atoms with Crippen LogP contribution in [0.1, 0.15) is 12.5 Å². The van der Waals surface area contributed by atoms with Gasteiger partial charge < -0.3 is 20.5 Å². The van der Waals surface area contributed by atoms with Crippen molar-refractivity contribution in [1.29, 1.82) is 0 Å². The van der Waals surface area contributed by atoms with Gasteiger partial charge in [0.2, 0.25) is 5.91 Å². The molecule has 18 heavy (non-hydrogen) atoms. The van der Waals surface area contributed by atoms with Crippen LogP contribution in [0, 0.1) is 0 Å². The van der Waals surface area contributed by atoms with Crippen LogP contribution in [-0.4, -0.2) is 32.2 Å². The molecule has 0 aromatic heterocycles. The molecule has 0 fully saturated rings. The van der Waals surface area contributed by atoms with Gasteiger partial charge in [-0.3, -0.25) is 4.79 Å². The summed E-state index contributed by atoms with van der Waals surface area (Å²) in [6, 6.07) is 7.08. The normalized spacial score (nSPS) is 12.1. The number of methoxy groups -OCH3 is 1. The van der Waals surface area contributed by atoms with E-state index >= 15 is 0 Å². The van der Waals surface area contributed by atoms with Gasteiger partial charge in [-0.25, -0.2) is 0 Å². The molecule has 3 N–H and O–H groups in total. The van der Waals surface area contributed by atoms with Crippen molar-refractivity contribution in [3.8, 4) is 5.75 Å². The van der Waals surface area contributed by atoms with E-state index in [1.807, 2.05) is 31.2 Å². The minimum absolute atomic E-state index is 0.222. The molecule has 100 valence electrons. The fourth-order valence-electron chi connectivity index (χ4n) is 1.56. The molecule has 5 nitrogen and oxygen atoms in total. The van der Waals surface area contributed by atoms with Crippen LogP contribution in [0.5, 0.6) is 5.75 Å². The summed E-state index contributed by atoms with van der Waals surface area (Å²) in [4.78, 5) is 11.1. The van der Waals surface area contributed by atoms with Crippen LogP contribution in [0.4, 0.5) is 0 Å². The topological polar surface area (TPSA) is 73.6 Å². The van der Waals surface area contributed by atoms with Gasteiger partial charge in [0, 0.05) is 7.11 Å². The number of carbonyl (C=O) groups is 1. The van der Waals surface area contributed by atoms with Crippen LogP contribution in [0.15, 0.2) is 24.3 Å². The van der Waals surface area contributed by atoms with Crippen molar-refractivity contribution in [1.82, 2.24) is 5.32 Å². The lowest BCUT2D eigenvalue weighted by molar-refractivity contribution is -0.120. The number of hydrogen-bond donors (Lipinski definition) is 2. The zero-order chi connectivity index (χ0) is 13.4. The Labute approximate surface area is 107 Å². The highest BCUT2D eigenvalue weighted by Gasteiger charge is 2.14. The molecule has 5 heteroatoms. The van der Waals surface area contributed by atoms with Gasteiger partial charge in [0.25, 0.3) is 0 Å². The van der Waals surface area contributed by atoms with Gasteiger partial charge in [-0.15, -0.1) is 0 Å². The molecule has 0 aliphatic carbocycles. The zero-order valence-corrected chi connectivity index (χ0v) is 10.8. The average molecular weight is 252 g/mol. The van der Waals surface area contributed by atoms with E-state index in [1.54, 1.807) is 7.11 Å². The van der Waals surface area contributed by atoms with Crippen LogP contribution in [-0.2, 0) is 16.1 Å². The Kier molecular flexibility index (Phi) is 6.18. The molecule has 0 saturated carbocycles. The van der Waals surface area contributed by atoms with Crippen molar-refractivity contribution < 1.29 is 14.3 Å². The summed E-state index contributed by atoms with van der Waals surface area (Å²) in [5.41, 5.74) is 6.29. The summed E-state index contributed by atoms with van der Waals surface area (Å²) in [6.07, 6.45) is 0. The molecule has 1 aromatic rings. The van der Waals surface area contributed by atoms with Crippen LogP contribution < -0.4 is 15.8 Å². The summed E-state index contributed by atoms with van der Waals surface area (Å²) >= 11 is 0. The number of amides is 1. The molecule has 1 aromatic carbocycles. The fourth-order valence-corrected chi connectivity index (χ4v) is 1.56. The molecule has 0 saturated heterocycles. The highest BCUT2D eigenvalue weighted by Crippen LogP contribution is 2.14.